The maximum atomic E-state index is 11.5. The lowest BCUT2D eigenvalue weighted by molar-refractivity contribution is -0.386. The zero-order valence-electron chi connectivity index (χ0n) is 14.1. The molecule has 0 atom stereocenters. The number of hydrazone groups is 1. The minimum Gasteiger partial charge on any atom is -0.500 e. The molecule has 25 heavy (non-hydrogen) atoms. The van der Waals surface area contributed by atoms with E-state index in [4.69, 9.17) is 4.74 Å². The first-order valence-corrected chi connectivity index (χ1v) is 7.51. The summed E-state index contributed by atoms with van der Waals surface area (Å²) in [6.07, 6.45) is 1.10. The van der Waals surface area contributed by atoms with Crippen molar-refractivity contribution in [2.24, 2.45) is 11.0 Å². The van der Waals surface area contributed by atoms with Crippen LogP contribution in [-0.2, 0) is 9.59 Å². The van der Waals surface area contributed by atoms with Gasteiger partial charge in [0.05, 0.1) is 17.7 Å². The maximum Gasteiger partial charge on any atom is 0.329 e. The van der Waals surface area contributed by atoms with Crippen LogP contribution >= 0.6 is 0 Å². The summed E-state index contributed by atoms with van der Waals surface area (Å²) < 4.78 is 5.12. The molecule has 0 bridgehead atoms. The van der Waals surface area contributed by atoms with Crippen LogP contribution in [0.1, 0.15) is 26.3 Å². The summed E-state index contributed by atoms with van der Waals surface area (Å²) in [5, 5.41) is 26.7. The van der Waals surface area contributed by atoms with E-state index >= 15 is 0 Å². The number of benzene rings is 1. The van der Waals surface area contributed by atoms with Crippen LogP contribution in [0.25, 0.3) is 0 Å². The van der Waals surface area contributed by atoms with Gasteiger partial charge in [0.15, 0.2) is 5.75 Å². The second kappa shape index (κ2) is 9.21. The van der Waals surface area contributed by atoms with Crippen LogP contribution in [-0.4, -0.2) is 41.2 Å². The molecule has 3 N–H and O–H groups in total. The Kier molecular flexibility index (Phi) is 7.32. The van der Waals surface area contributed by atoms with Gasteiger partial charge in [0.25, 0.3) is 0 Å². The van der Waals surface area contributed by atoms with Gasteiger partial charge in [0.1, 0.15) is 0 Å². The van der Waals surface area contributed by atoms with Crippen LogP contribution in [0.3, 0.4) is 0 Å². The monoisotopic (exact) mass is 352 g/mol. The number of carbonyl (C=O) groups is 2. The third-order valence-electron chi connectivity index (χ3n) is 2.83. The number of phenols is 1. The van der Waals surface area contributed by atoms with E-state index in [1.165, 1.54) is 6.07 Å². The molecule has 10 heteroatoms. The number of nitrogens with zero attached hydrogens (tertiary/aromatic N) is 2. The molecular weight excluding hydrogens is 332 g/mol. The van der Waals surface area contributed by atoms with Crippen LogP contribution in [0.15, 0.2) is 17.2 Å². The molecule has 0 spiro atoms. The van der Waals surface area contributed by atoms with Gasteiger partial charge < -0.3 is 15.2 Å². The molecule has 0 saturated carbocycles. The van der Waals surface area contributed by atoms with Gasteiger partial charge in [0, 0.05) is 18.2 Å². The highest BCUT2D eigenvalue weighted by Gasteiger charge is 2.20. The Labute approximate surface area is 144 Å². The molecule has 1 aromatic rings. The highest BCUT2D eigenvalue weighted by atomic mass is 16.6. The van der Waals surface area contributed by atoms with Crippen LogP contribution < -0.4 is 15.5 Å². The minimum absolute atomic E-state index is 0.0841. The summed E-state index contributed by atoms with van der Waals surface area (Å²) in [6, 6.07) is 2.38. The molecule has 0 fully saturated rings. The predicted octanol–water partition coefficient (Wildman–Crippen LogP) is 0.921. The summed E-state index contributed by atoms with van der Waals surface area (Å²) in [6.45, 7) is 5.95. The predicted molar refractivity (Wildman–Crippen MR) is 89.5 cm³/mol. The molecule has 1 rings (SSSR count). The summed E-state index contributed by atoms with van der Waals surface area (Å²) in [5.74, 6) is -2.29. The molecule has 0 radical (unpaired) electrons. The Hall–Kier alpha value is -3.17. The summed E-state index contributed by atoms with van der Waals surface area (Å²) >= 11 is 0. The summed E-state index contributed by atoms with van der Waals surface area (Å²) in [7, 11) is 0. The molecular formula is C15H20N4O6. The van der Waals surface area contributed by atoms with E-state index < -0.39 is 28.2 Å². The Morgan fingerprint density at radius 3 is 2.64 bits per heavy atom. The normalized spacial score (nSPS) is 10.7. The SMILES string of the molecule is CCOc1cc(/C=N/NC(=O)C(=O)NCC(C)C)cc([N+](=O)[O-])c1O. The van der Waals surface area contributed by atoms with E-state index in [0.717, 1.165) is 12.3 Å². The first kappa shape index (κ1) is 19.9. The van der Waals surface area contributed by atoms with Crippen LogP contribution in [0.2, 0.25) is 0 Å². The third kappa shape index (κ3) is 6.09. The molecule has 0 aromatic heterocycles. The van der Waals surface area contributed by atoms with Crippen molar-refractivity contribution in [3.63, 3.8) is 0 Å². The van der Waals surface area contributed by atoms with Crippen molar-refractivity contribution in [1.82, 2.24) is 10.7 Å². The highest BCUT2D eigenvalue weighted by Crippen LogP contribution is 2.36. The fraction of sp³-hybridized carbons (Fsp3) is 0.400. The van der Waals surface area contributed by atoms with E-state index in [1.54, 1.807) is 6.92 Å². The topological polar surface area (TPSA) is 143 Å². The van der Waals surface area contributed by atoms with Crippen molar-refractivity contribution >= 4 is 23.7 Å². The zero-order valence-corrected chi connectivity index (χ0v) is 14.1. The second-order valence-electron chi connectivity index (χ2n) is 5.38. The second-order valence-corrected chi connectivity index (χ2v) is 5.38. The lowest BCUT2D eigenvalue weighted by atomic mass is 10.2. The molecule has 0 aliphatic heterocycles. The van der Waals surface area contributed by atoms with E-state index in [0.29, 0.717) is 6.54 Å². The first-order valence-electron chi connectivity index (χ1n) is 7.51. The van der Waals surface area contributed by atoms with E-state index in [9.17, 15) is 24.8 Å². The number of ether oxygens (including phenoxy) is 1. The molecule has 2 amide bonds. The molecule has 1 aromatic carbocycles. The number of amides is 2. The van der Waals surface area contributed by atoms with Crippen molar-refractivity contribution in [3.8, 4) is 11.5 Å². The summed E-state index contributed by atoms with van der Waals surface area (Å²) in [5.41, 5.74) is 1.66. The van der Waals surface area contributed by atoms with Gasteiger partial charge >= 0.3 is 17.5 Å². The number of nitro groups is 1. The van der Waals surface area contributed by atoms with Crippen molar-refractivity contribution in [2.75, 3.05) is 13.2 Å². The Morgan fingerprint density at radius 1 is 1.40 bits per heavy atom. The number of nitro benzene ring substituents is 1. The first-order chi connectivity index (χ1) is 11.8. The quantitative estimate of drug-likeness (QED) is 0.288. The van der Waals surface area contributed by atoms with Crippen molar-refractivity contribution in [3.05, 3.63) is 27.8 Å². The number of hydrogen-bond donors (Lipinski definition) is 3. The number of hydrogen-bond acceptors (Lipinski definition) is 7. The number of aromatic hydroxyl groups is 1. The standard InChI is InChI=1S/C15H20N4O6/c1-4-25-12-6-10(5-11(13(12)20)19(23)24)8-17-18-15(22)14(21)16-7-9(2)3/h5-6,8-9,20H,4,7H2,1-3H3,(H,16,21)(H,18,22)/b17-8+. The maximum absolute atomic E-state index is 11.5. The lowest BCUT2D eigenvalue weighted by Crippen LogP contribution is -2.39. The van der Waals surface area contributed by atoms with Crippen LogP contribution in [0.5, 0.6) is 11.5 Å². The van der Waals surface area contributed by atoms with Gasteiger partial charge in [0.2, 0.25) is 5.75 Å². The zero-order chi connectivity index (χ0) is 19.0. The van der Waals surface area contributed by atoms with E-state index in [1.807, 2.05) is 19.3 Å². The average Bonchev–Trinajstić information content (AvgIpc) is 2.54. The van der Waals surface area contributed by atoms with Gasteiger partial charge in [-0.1, -0.05) is 13.8 Å². The molecule has 0 heterocycles. The third-order valence-corrected chi connectivity index (χ3v) is 2.83. The smallest absolute Gasteiger partial charge is 0.329 e. The lowest BCUT2D eigenvalue weighted by Gasteiger charge is -2.07. The minimum atomic E-state index is -0.963. The Morgan fingerprint density at radius 2 is 2.08 bits per heavy atom. The molecule has 0 unspecified atom stereocenters. The van der Waals surface area contributed by atoms with Gasteiger partial charge in [-0.25, -0.2) is 5.43 Å². The summed E-state index contributed by atoms with van der Waals surface area (Å²) in [4.78, 5) is 33.2. The molecule has 0 aliphatic rings. The van der Waals surface area contributed by atoms with Crippen molar-refractivity contribution < 1.29 is 24.4 Å². The number of phenolic OH excluding ortho intramolecular Hbond substituents is 1. The number of carbonyl (C=O) groups excluding carboxylic acids is 2. The molecule has 10 nitrogen and oxygen atoms in total. The average molecular weight is 352 g/mol. The largest absolute Gasteiger partial charge is 0.500 e. The number of nitrogens with one attached hydrogen (secondary N) is 2. The fourth-order valence-corrected chi connectivity index (χ4v) is 1.69. The molecule has 136 valence electrons. The van der Waals surface area contributed by atoms with Gasteiger partial charge in [-0.05, 0) is 18.9 Å². The fourth-order valence-electron chi connectivity index (χ4n) is 1.69. The highest BCUT2D eigenvalue weighted by molar-refractivity contribution is 6.35. The van der Waals surface area contributed by atoms with Crippen molar-refractivity contribution in [2.45, 2.75) is 20.8 Å². The van der Waals surface area contributed by atoms with Gasteiger partial charge in [-0.3, -0.25) is 19.7 Å². The molecule has 0 saturated heterocycles. The van der Waals surface area contributed by atoms with Gasteiger partial charge in [-0.2, -0.15) is 5.10 Å². The van der Waals surface area contributed by atoms with Crippen molar-refractivity contribution in [1.29, 1.82) is 0 Å². The van der Waals surface area contributed by atoms with E-state index in [-0.39, 0.29) is 23.8 Å². The molecule has 0 aliphatic carbocycles. The Bertz CT molecular complexity index is 687. The Balaban J connectivity index is 2.84. The number of rotatable bonds is 7. The van der Waals surface area contributed by atoms with Gasteiger partial charge in [-0.15, -0.1) is 0 Å². The van der Waals surface area contributed by atoms with Crippen LogP contribution in [0, 0.1) is 16.0 Å². The van der Waals surface area contributed by atoms with E-state index in [2.05, 4.69) is 10.4 Å². The van der Waals surface area contributed by atoms with Crippen LogP contribution in [0.4, 0.5) is 5.69 Å².